The fourth-order valence-electron chi connectivity index (χ4n) is 1.29. The Balaban J connectivity index is 2.59. The molecule has 0 aliphatic carbocycles. The van der Waals surface area contributed by atoms with Crippen LogP contribution >= 0.6 is 11.5 Å². The average Bonchev–Trinajstić information content (AvgIpc) is 2.47. The summed E-state index contributed by atoms with van der Waals surface area (Å²) in [6.07, 6.45) is 0. The number of aromatic nitrogens is 1. The molecule has 5 heteroatoms. The lowest BCUT2D eigenvalue weighted by Gasteiger charge is -1.97. The summed E-state index contributed by atoms with van der Waals surface area (Å²) >= 11 is 1.21. The molecule has 0 bridgehead atoms. The summed E-state index contributed by atoms with van der Waals surface area (Å²) in [4.78, 5) is 11.9. The van der Waals surface area contributed by atoms with Gasteiger partial charge in [0.25, 0.3) is 0 Å². The third kappa shape index (κ3) is 1.61. The molecular formula is C10H10N2O2S. The van der Waals surface area contributed by atoms with E-state index < -0.39 is 0 Å². The summed E-state index contributed by atoms with van der Waals surface area (Å²) in [6.45, 7) is 0. The Hall–Kier alpha value is -1.75. The second-order valence-electron chi connectivity index (χ2n) is 3.19. The molecule has 1 heterocycles. The minimum atomic E-state index is -0.369. The van der Waals surface area contributed by atoms with Crippen molar-refractivity contribution >= 4 is 17.2 Å². The Morgan fingerprint density at radius 2 is 1.93 bits per heavy atom. The molecule has 2 rings (SSSR count). The van der Waals surface area contributed by atoms with Gasteiger partial charge in [-0.3, -0.25) is 8.75 Å². The third-order valence-corrected chi connectivity index (χ3v) is 3.16. The predicted octanol–water partition coefficient (Wildman–Crippen LogP) is 1.40. The molecule has 1 aromatic heterocycles. The predicted molar refractivity (Wildman–Crippen MR) is 61.1 cm³/mol. The maximum atomic E-state index is 11.3. The van der Waals surface area contributed by atoms with Gasteiger partial charge in [-0.2, -0.15) is 0 Å². The first-order valence-corrected chi connectivity index (χ1v) is 5.12. The van der Waals surface area contributed by atoms with Crippen molar-refractivity contribution < 1.29 is 5.11 Å². The number of aromatic hydroxyl groups is 1. The van der Waals surface area contributed by atoms with Gasteiger partial charge in [0.15, 0.2) is 0 Å². The average molecular weight is 222 g/mol. The fourth-order valence-corrected chi connectivity index (χ4v) is 2.15. The van der Waals surface area contributed by atoms with Gasteiger partial charge in [0.05, 0.1) is 4.88 Å². The van der Waals surface area contributed by atoms with Gasteiger partial charge in [0.2, 0.25) is 5.75 Å². The zero-order valence-electron chi connectivity index (χ0n) is 8.10. The van der Waals surface area contributed by atoms with Gasteiger partial charge in [0.1, 0.15) is 0 Å². The number of nitrogen functional groups attached to an aromatic ring is 1. The zero-order chi connectivity index (χ0) is 11.0. The summed E-state index contributed by atoms with van der Waals surface area (Å²) in [7, 11) is 1.62. The number of nitrogens with two attached hydrogens (primary N) is 1. The molecule has 0 amide bonds. The molecule has 0 spiro atoms. The van der Waals surface area contributed by atoms with Crippen LogP contribution in [0.5, 0.6) is 5.75 Å². The van der Waals surface area contributed by atoms with E-state index in [1.165, 1.54) is 15.5 Å². The summed E-state index contributed by atoms with van der Waals surface area (Å²) in [5.74, 6) is -0.202. The minimum absolute atomic E-state index is 0.202. The molecule has 15 heavy (non-hydrogen) atoms. The van der Waals surface area contributed by atoms with Crippen LogP contribution in [-0.4, -0.2) is 9.06 Å². The van der Waals surface area contributed by atoms with Gasteiger partial charge in [-0.15, -0.1) is 0 Å². The summed E-state index contributed by atoms with van der Waals surface area (Å²) in [5.41, 5.74) is 6.63. The normalized spacial score (nSPS) is 10.5. The molecule has 0 unspecified atom stereocenters. The highest BCUT2D eigenvalue weighted by molar-refractivity contribution is 7.10. The first kappa shape index (κ1) is 9.79. The molecular weight excluding hydrogens is 212 g/mol. The SMILES string of the molecule is Cn1sc(-c2ccc(N)cc2)c(O)c1=O. The number of aryl methyl sites for hydroxylation is 1. The molecule has 4 nitrogen and oxygen atoms in total. The maximum Gasteiger partial charge on any atom is 0.303 e. The van der Waals surface area contributed by atoms with E-state index in [4.69, 9.17) is 5.73 Å². The number of anilines is 1. The van der Waals surface area contributed by atoms with Crippen LogP contribution in [0.15, 0.2) is 29.1 Å². The fraction of sp³-hybridized carbons (Fsp3) is 0.100. The van der Waals surface area contributed by atoms with E-state index in [1.54, 1.807) is 31.3 Å². The standard InChI is InChI=1S/C10H10N2O2S/c1-12-10(14)8(13)9(15-12)6-2-4-7(11)5-3-6/h2-5,13H,11H2,1H3. The largest absolute Gasteiger partial charge is 0.502 e. The molecule has 0 saturated heterocycles. The van der Waals surface area contributed by atoms with E-state index in [-0.39, 0.29) is 11.3 Å². The second-order valence-corrected chi connectivity index (χ2v) is 4.33. The summed E-state index contributed by atoms with van der Waals surface area (Å²) < 4.78 is 1.39. The van der Waals surface area contributed by atoms with Crippen molar-refractivity contribution in [3.63, 3.8) is 0 Å². The highest BCUT2D eigenvalue weighted by atomic mass is 32.1. The number of hydrogen-bond acceptors (Lipinski definition) is 4. The van der Waals surface area contributed by atoms with Gasteiger partial charge in [-0.05, 0) is 17.7 Å². The van der Waals surface area contributed by atoms with E-state index in [0.717, 1.165) is 5.56 Å². The van der Waals surface area contributed by atoms with Crippen LogP contribution in [0.2, 0.25) is 0 Å². The molecule has 3 N–H and O–H groups in total. The van der Waals surface area contributed by atoms with Crippen LogP contribution in [0.4, 0.5) is 5.69 Å². The van der Waals surface area contributed by atoms with Gasteiger partial charge in [-0.25, -0.2) is 0 Å². The molecule has 0 fully saturated rings. The van der Waals surface area contributed by atoms with Crippen LogP contribution in [0.1, 0.15) is 0 Å². The Morgan fingerprint density at radius 3 is 2.40 bits per heavy atom. The van der Waals surface area contributed by atoms with E-state index >= 15 is 0 Å². The van der Waals surface area contributed by atoms with Gasteiger partial charge in [0, 0.05) is 12.7 Å². The van der Waals surface area contributed by atoms with Crippen LogP contribution < -0.4 is 11.3 Å². The molecule has 0 atom stereocenters. The third-order valence-electron chi connectivity index (χ3n) is 2.10. The monoisotopic (exact) mass is 222 g/mol. The smallest absolute Gasteiger partial charge is 0.303 e. The maximum absolute atomic E-state index is 11.3. The van der Waals surface area contributed by atoms with Crippen LogP contribution in [0.3, 0.4) is 0 Å². The van der Waals surface area contributed by atoms with E-state index in [0.29, 0.717) is 10.6 Å². The van der Waals surface area contributed by atoms with Crippen LogP contribution in [0, 0.1) is 0 Å². The topological polar surface area (TPSA) is 68.2 Å². The molecule has 0 saturated carbocycles. The first-order valence-electron chi connectivity index (χ1n) is 4.35. The first-order chi connectivity index (χ1) is 7.09. The Bertz CT molecular complexity index is 540. The van der Waals surface area contributed by atoms with Crippen molar-refractivity contribution in [1.29, 1.82) is 0 Å². The van der Waals surface area contributed by atoms with E-state index in [2.05, 4.69) is 0 Å². The van der Waals surface area contributed by atoms with Crippen molar-refractivity contribution in [2.45, 2.75) is 0 Å². The number of nitrogens with zero attached hydrogens (tertiary/aromatic N) is 1. The Labute approximate surface area is 90.4 Å². The van der Waals surface area contributed by atoms with Crippen LogP contribution in [-0.2, 0) is 7.05 Å². The van der Waals surface area contributed by atoms with Gasteiger partial charge >= 0.3 is 5.56 Å². The number of rotatable bonds is 1. The number of benzene rings is 1. The molecule has 78 valence electrons. The highest BCUT2D eigenvalue weighted by Crippen LogP contribution is 2.30. The van der Waals surface area contributed by atoms with Crippen molar-refractivity contribution in [3.05, 3.63) is 34.6 Å². The molecule has 2 aromatic rings. The van der Waals surface area contributed by atoms with Crippen LogP contribution in [0.25, 0.3) is 10.4 Å². The molecule has 0 radical (unpaired) electrons. The van der Waals surface area contributed by atoms with Crippen molar-refractivity contribution in [2.75, 3.05) is 5.73 Å². The molecule has 0 aliphatic heterocycles. The Kier molecular flexibility index (Phi) is 2.24. The highest BCUT2D eigenvalue weighted by Gasteiger charge is 2.13. The van der Waals surface area contributed by atoms with E-state index in [1.807, 2.05) is 0 Å². The second kappa shape index (κ2) is 3.43. The molecule has 0 aliphatic rings. The van der Waals surface area contributed by atoms with Crippen molar-refractivity contribution in [3.8, 4) is 16.2 Å². The lowest BCUT2D eigenvalue weighted by atomic mass is 10.2. The minimum Gasteiger partial charge on any atom is -0.502 e. The van der Waals surface area contributed by atoms with Gasteiger partial charge in [-0.1, -0.05) is 23.7 Å². The lowest BCUT2D eigenvalue weighted by Crippen LogP contribution is -2.06. The number of hydrogen-bond donors (Lipinski definition) is 2. The lowest BCUT2D eigenvalue weighted by molar-refractivity contribution is 0.470. The molecule has 1 aromatic carbocycles. The van der Waals surface area contributed by atoms with Gasteiger partial charge < -0.3 is 10.8 Å². The van der Waals surface area contributed by atoms with E-state index in [9.17, 15) is 9.90 Å². The zero-order valence-corrected chi connectivity index (χ0v) is 8.91. The summed E-state index contributed by atoms with van der Waals surface area (Å²) in [6, 6.07) is 7.03. The quantitative estimate of drug-likeness (QED) is 0.717. The van der Waals surface area contributed by atoms with Crippen molar-refractivity contribution in [2.24, 2.45) is 7.05 Å². The Morgan fingerprint density at radius 1 is 1.33 bits per heavy atom. The van der Waals surface area contributed by atoms with Crippen molar-refractivity contribution in [1.82, 2.24) is 3.96 Å². The summed E-state index contributed by atoms with van der Waals surface area (Å²) in [5, 5.41) is 9.59.